The minimum Gasteiger partial charge on any atom is -0.478 e. The van der Waals surface area contributed by atoms with Crippen LogP contribution in [0.4, 0.5) is 0 Å². The molecule has 0 amide bonds. The molecular weight excluding hydrogens is 140 g/mol. The fraction of sp³-hybridized carbons (Fsp3) is 0.667. The lowest BCUT2D eigenvalue weighted by atomic mass is 10.0. The maximum atomic E-state index is 10.6. The molecule has 0 fully saturated rings. The average molecular weight is 154 g/mol. The molecule has 1 N–H and O–H groups in total. The molecule has 0 aromatic heterocycles. The van der Waals surface area contributed by atoms with Crippen molar-refractivity contribution in [1.82, 2.24) is 0 Å². The summed E-state index contributed by atoms with van der Waals surface area (Å²) in [5.74, 6) is -0.730. The summed E-state index contributed by atoms with van der Waals surface area (Å²) in [5, 5.41) is 8.69. The van der Waals surface area contributed by atoms with Gasteiger partial charge in [0.1, 0.15) is 0 Å². The van der Waals surface area contributed by atoms with E-state index in [1.807, 2.05) is 6.08 Å². The molecular formula is C9H14O2. The third kappa shape index (κ3) is 2.74. The van der Waals surface area contributed by atoms with Gasteiger partial charge in [0.2, 0.25) is 0 Å². The van der Waals surface area contributed by atoms with Gasteiger partial charge < -0.3 is 5.11 Å². The maximum Gasteiger partial charge on any atom is 0.331 e. The maximum absolute atomic E-state index is 10.6. The highest BCUT2D eigenvalue weighted by atomic mass is 16.4. The average Bonchev–Trinajstić information content (AvgIpc) is 1.84. The first-order valence-electron chi connectivity index (χ1n) is 4.23. The predicted molar refractivity (Wildman–Crippen MR) is 43.4 cm³/mol. The molecule has 0 saturated carbocycles. The Hall–Kier alpha value is -0.790. The van der Waals surface area contributed by atoms with E-state index in [2.05, 4.69) is 0 Å². The van der Waals surface area contributed by atoms with Gasteiger partial charge in [-0.25, -0.2) is 4.79 Å². The van der Waals surface area contributed by atoms with E-state index in [-0.39, 0.29) is 0 Å². The predicted octanol–water partition coefficient (Wildman–Crippen LogP) is 2.35. The first-order chi connectivity index (χ1) is 5.30. The van der Waals surface area contributed by atoms with Gasteiger partial charge in [0.05, 0.1) is 0 Å². The molecule has 0 radical (unpaired) electrons. The highest BCUT2D eigenvalue weighted by molar-refractivity contribution is 5.86. The number of carboxylic acids is 1. The van der Waals surface area contributed by atoms with Crippen LogP contribution in [-0.4, -0.2) is 11.1 Å². The van der Waals surface area contributed by atoms with E-state index in [1.165, 1.54) is 12.8 Å². The molecule has 0 aliphatic heterocycles. The van der Waals surface area contributed by atoms with Crippen molar-refractivity contribution in [3.63, 3.8) is 0 Å². The molecule has 0 heterocycles. The minimum absolute atomic E-state index is 0.615. The van der Waals surface area contributed by atoms with Crippen LogP contribution in [0.5, 0.6) is 0 Å². The van der Waals surface area contributed by atoms with Crippen molar-refractivity contribution in [1.29, 1.82) is 0 Å². The Morgan fingerprint density at radius 1 is 1.27 bits per heavy atom. The third-order valence-corrected chi connectivity index (χ3v) is 2.07. The molecule has 0 unspecified atom stereocenters. The lowest BCUT2D eigenvalue weighted by molar-refractivity contribution is -0.132. The van der Waals surface area contributed by atoms with Gasteiger partial charge in [-0.2, -0.15) is 0 Å². The van der Waals surface area contributed by atoms with Crippen molar-refractivity contribution in [2.75, 3.05) is 0 Å². The summed E-state index contributed by atoms with van der Waals surface area (Å²) in [4.78, 5) is 10.6. The molecule has 62 valence electrons. The smallest absolute Gasteiger partial charge is 0.331 e. The van der Waals surface area contributed by atoms with Crippen molar-refractivity contribution in [3.8, 4) is 0 Å². The van der Waals surface area contributed by atoms with Crippen LogP contribution in [0.1, 0.15) is 38.5 Å². The van der Waals surface area contributed by atoms with Crippen LogP contribution in [-0.2, 0) is 4.79 Å². The van der Waals surface area contributed by atoms with Gasteiger partial charge in [0, 0.05) is 5.57 Å². The lowest BCUT2D eigenvalue weighted by Gasteiger charge is -2.06. The fourth-order valence-corrected chi connectivity index (χ4v) is 1.39. The molecule has 0 aromatic carbocycles. The minimum atomic E-state index is -0.730. The quantitative estimate of drug-likeness (QED) is 0.629. The summed E-state index contributed by atoms with van der Waals surface area (Å²) in [6.07, 6.45) is 8.21. The molecule has 0 bridgehead atoms. The number of hydrogen-bond donors (Lipinski definition) is 1. The Morgan fingerprint density at radius 2 is 2.00 bits per heavy atom. The molecule has 2 nitrogen and oxygen atoms in total. The van der Waals surface area contributed by atoms with E-state index >= 15 is 0 Å². The Morgan fingerprint density at radius 3 is 2.73 bits per heavy atom. The molecule has 0 atom stereocenters. The third-order valence-electron chi connectivity index (χ3n) is 2.07. The lowest BCUT2D eigenvalue weighted by Crippen LogP contribution is -2.02. The molecule has 1 aliphatic carbocycles. The van der Waals surface area contributed by atoms with Crippen LogP contribution in [0.2, 0.25) is 0 Å². The number of carboxylic acid groups (broad SMARTS) is 1. The van der Waals surface area contributed by atoms with Gasteiger partial charge in [0.25, 0.3) is 0 Å². The Balaban J connectivity index is 2.52. The van der Waals surface area contributed by atoms with E-state index in [1.54, 1.807) is 0 Å². The number of aliphatic carboxylic acids is 1. The normalized spacial score (nSPS) is 19.8. The van der Waals surface area contributed by atoms with Gasteiger partial charge in [-0.05, 0) is 25.7 Å². The molecule has 2 heteroatoms. The summed E-state index contributed by atoms with van der Waals surface area (Å²) in [6.45, 7) is 0. The zero-order valence-electron chi connectivity index (χ0n) is 6.68. The summed E-state index contributed by atoms with van der Waals surface area (Å²) in [6, 6.07) is 0. The van der Waals surface area contributed by atoms with Crippen LogP contribution in [0.3, 0.4) is 0 Å². The van der Waals surface area contributed by atoms with Crippen LogP contribution >= 0.6 is 0 Å². The summed E-state index contributed by atoms with van der Waals surface area (Å²) in [5.41, 5.74) is 0.615. The topological polar surface area (TPSA) is 37.3 Å². The number of hydrogen-bond acceptors (Lipinski definition) is 1. The number of allylic oxidation sites excluding steroid dienone is 1. The second kappa shape index (κ2) is 4.16. The zero-order chi connectivity index (χ0) is 8.10. The largest absolute Gasteiger partial charge is 0.478 e. The first-order valence-corrected chi connectivity index (χ1v) is 4.23. The van der Waals surface area contributed by atoms with Crippen LogP contribution in [0, 0.1) is 0 Å². The van der Waals surface area contributed by atoms with Crippen molar-refractivity contribution in [3.05, 3.63) is 11.6 Å². The summed E-state index contributed by atoms with van der Waals surface area (Å²) in [7, 11) is 0. The van der Waals surface area contributed by atoms with Crippen molar-refractivity contribution < 1.29 is 9.90 Å². The first kappa shape index (κ1) is 8.31. The van der Waals surface area contributed by atoms with Gasteiger partial charge in [-0.1, -0.05) is 18.9 Å². The number of rotatable bonds is 1. The Labute approximate surface area is 66.9 Å². The van der Waals surface area contributed by atoms with Crippen LogP contribution in [0.15, 0.2) is 11.6 Å². The Bertz CT molecular complexity index is 170. The van der Waals surface area contributed by atoms with E-state index in [0.717, 1.165) is 25.7 Å². The molecule has 1 rings (SSSR count). The highest BCUT2D eigenvalue weighted by Crippen LogP contribution is 2.16. The van der Waals surface area contributed by atoms with E-state index < -0.39 is 5.97 Å². The second-order valence-electron chi connectivity index (χ2n) is 2.99. The zero-order valence-corrected chi connectivity index (χ0v) is 6.68. The van der Waals surface area contributed by atoms with E-state index in [0.29, 0.717) is 5.57 Å². The van der Waals surface area contributed by atoms with Gasteiger partial charge in [-0.15, -0.1) is 0 Å². The van der Waals surface area contributed by atoms with Crippen LogP contribution < -0.4 is 0 Å². The second-order valence-corrected chi connectivity index (χ2v) is 2.99. The van der Waals surface area contributed by atoms with Gasteiger partial charge in [-0.3, -0.25) is 0 Å². The van der Waals surface area contributed by atoms with E-state index in [9.17, 15) is 4.79 Å². The molecule has 0 saturated heterocycles. The molecule has 0 aromatic rings. The fourth-order valence-electron chi connectivity index (χ4n) is 1.39. The molecule has 1 aliphatic rings. The van der Waals surface area contributed by atoms with Gasteiger partial charge in [0.15, 0.2) is 0 Å². The monoisotopic (exact) mass is 154 g/mol. The van der Waals surface area contributed by atoms with Gasteiger partial charge >= 0.3 is 5.97 Å². The SMILES string of the molecule is O=C(O)C1=CCCCCCC1. The summed E-state index contributed by atoms with van der Waals surface area (Å²) < 4.78 is 0. The molecule has 11 heavy (non-hydrogen) atoms. The van der Waals surface area contributed by atoms with Crippen molar-refractivity contribution in [2.45, 2.75) is 38.5 Å². The molecule has 0 spiro atoms. The van der Waals surface area contributed by atoms with Crippen molar-refractivity contribution in [2.24, 2.45) is 0 Å². The van der Waals surface area contributed by atoms with Crippen molar-refractivity contribution >= 4 is 5.97 Å². The van der Waals surface area contributed by atoms with Crippen LogP contribution in [0.25, 0.3) is 0 Å². The Kier molecular flexibility index (Phi) is 3.14. The standard InChI is InChI=1S/C9H14O2/c10-9(11)8-6-4-2-1-3-5-7-8/h6H,1-5,7H2,(H,10,11). The summed E-state index contributed by atoms with van der Waals surface area (Å²) >= 11 is 0. The number of carbonyl (C=O) groups is 1. The van der Waals surface area contributed by atoms with E-state index in [4.69, 9.17) is 5.11 Å². The highest BCUT2D eigenvalue weighted by Gasteiger charge is 2.07.